The Hall–Kier alpha value is 1.13. The minimum absolute atomic E-state index is 0. The van der Waals surface area contributed by atoms with Crippen molar-refractivity contribution in [2.24, 2.45) is 17.8 Å². The van der Waals surface area contributed by atoms with Gasteiger partial charge in [0.25, 0.3) is 14.1 Å². The molecule has 0 aromatic carbocycles. The smallest absolute Gasteiger partial charge is 0.343 e. The van der Waals surface area contributed by atoms with Crippen LogP contribution < -0.4 is 18.9 Å². The summed E-state index contributed by atoms with van der Waals surface area (Å²) in [5.74, 6) is 2.78. The number of hydrogen-bond donors (Lipinski definition) is 0. The SMILES string of the molecule is CC(C)[CH2][Al]([CH2]C(C)C)[CH2]C(C)C.[CH2-]CCC.[Li+]. The minimum atomic E-state index is -0.407. The molecule has 0 atom stereocenters. The van der Waals surface area contributed by atoms with Crippen LogP contribution in [0.5, 0.6) is 0 Å². The molecule has 0 amide bonds. The van der Waals surface area contributed by atoms with E-state index >= 15 is 0 Å². The Morgan fingerprint density at radius 3 is 1.11 bits per heavy atom. The molecule has 0 aromatic rings. The first-order valence-corrected chi connectivity index (χ1v) is 10.1. The zero-order valence-corrected chi connectivity index (χ0v) is 15.7. The fourth-order valence-electron chi connectivity index (χ4n) is 2.29. The molecule has 0 heterocycles. The van der Waals surface area contributed by atoms with Gasteiger partial charge in [-0.1, -0.05) is 88.5 Å². The average molecular weight is 262 g/mol. The Labute approximate surface area is 134 Å². The summed E-state index contributed by atoms with van der Waals surface area (Å²) in [5, 5.41) is 4.66. The van der Waals surface area contributed by atoms with Gasteiger partial charge in [-0.2, -0.15) is 6.42 Å². The molecule has 0 nitrogen and oxygen atoms in total. The Balaban J connectivity index is -0.000000392. The van der Waals surface area contributed by atoms with Gasteiger partial charge in [0, 0.05) is 0 Å². The first kappa shape index (κ1) is 24.2. The molecule has 0 aliphatic heterocycles. The third-order valence-electron chi connectivity index (χ3n) is 2.77. The van der Waals surface area contributed by atoms with Crippen LogP contribution in [0.3, 0.4) is 0 Å². The Bertz CT molecular complexity index is 118. The zero-order valence-electron chi connectivity index (χ0n) is 14.6. The summed E-state index contributed by atoms with van der Waals surface area (Å²) in [4.78, 5) is 0. The van der Waals surface area contributed by atoms with Gasteiger partial charge in [0.1, 0.15) is 0 Å². The molecular formula is C16H36AlLi. The second kappa shape index (κ2) is 16.2. The second-order valence-electron chi connectivity index (χ2n) is 6.61. The van der Waals surface area contributed by atoms with Crippen LogP contribution >= 0.6 is 0 Å². The van der Waals surface area contributed by atoms with Crippen molar-refractivity contribution in [3.8, 4) is 0 Å². The molecule has 0 aliphatic rings. The van der Waals surface area contributed by atoms with Crippen molar-refractivity contribution in [2.45, 2.75) is 77.2 Å². The normalized spacial score (nSPS) is 10.2. The molecule has 0 fully saturated rings. The van der Waals surface area contributed by atoms with Gasteiger partial charge < -0.3 is 6.92 Å². The zero-order chi connectivity index (χ0) is 13.8. The third-order valence-corrected chi connectivity index (χ3v) is 7.60. The fourth-order valence-corrected chi connectivity index (χ4v) is 6.87. The van der Waals surface area contributed by atoms with E-state index in [9.17, 15) is 0 Å². The molecule has 0 N–H and O–H groups in total. The summed E-state index contributed by atoms with van der Waals surface area (Å²) in [6.07, 6.45) is 2.28. The molecule has 0 radical (unpaired) electrons. The molecule has 104 valence electrons. The van der Waals surface area contributed by atoms with Gasteiger partial charge in [-0.3, -0.25) is 0 Å². The molecular weight excluding hydrogens is 226 g/mol. The van der Waals surface area contributed by atoms with Crippen molar-refractivity contribution in [1.29, 1.82) is 0 Å². The fraction of sp³-hybridized carbons (Fsp3) is 0.938. The predicted molar refractivity (Wildman–Crippen MR) is 85.0 cm³/mol. The van der Waals surface area contributed by atoms with Crippen molar-refractivity contribution in [3.63, 3.8) is 0 Å². The number of rotatable bonds is 7. The first-order chi connectivity index (χ1) is 7.83. The van der Waals surface area contributed by atoms with Crippen LogP contribution in [-0.2, 0) is 0 Å². The van der Waals surface area contributed by atoms with Crippen LogP contribution in [0, 0.1) is 24.7 Å². The van der Waals surface area contributed by atoms with Gasteiger partial charge in [-0.05, 0) is 0 Å². The molecule has 0 saturated heterocycles. The maximum absolute atomic E-state index is 3.60. The van der Waals surface area contributed by atoms with Crippen LogP contribution in [0.4, 0.5) is 0 Å². The van der Waals surface area contributed by atoms with E-state index < -0.39 is 14.1 Å². The van der Waals surface area contributed by atoms with Crippen LogP contribution in [0.1, 0.15) is 61.3 Å². The second-order valence-corrected chi connectivity index (χ2v) is 9.75. The maximum Gasteiger partial charge on any atom is 1.00 e. The molecule has 0 aliphatic carbocycles. The van der Waals surface area contributed by atoms with Crippen LogP contribution in [0.2, 0.25) is 15.8 Å². The maximum atomic E-state index is 3.60. The summed E-state index contributed by atoms with van der Waals surface area (Å²) in [5.41, 5.74) is 0. The topological polar surface area (TPSA) is 0 Å². The summed E-state index contributed by atoms with van der Waals surface area (Å²) in [6.45, 7) is 20.0. The molecule has 0 spiro atoms. The van der Waals surface area contributed by atoms with E-state index in [4.69, 9.17) is 0 Å². The van der Waals surface area contributed by atoms with Crippen molar-refractivity contribution in [1.82, 2.24) is 0 Å². The van der Waals surface area contributed by atoms with Crippen LogP contribution in [-0.4, -0.2) is 14.1 Å². The van der Waals surface area contributed by atoms with Crippen molar-refractivity contribution in [3.05, 3.63) is 6.92 Å². The molecule has 0 bridgehead atoms. The van der Waals surface area contributed by atoms with Crippen LogP contribution in [0.25, 0.3) is 0 Å². The van der Waals surface area contributed by atoms with Gasteiger partial charge in [0.15, 0.2) is 0 Å². The molecule has 18 heavy (non-hydrogen) atoms. The van der Waals surface area contributed by atoms with Gasteiger partial charge in [0.2, 0.25) is 0 Å². The molecule has 0 unspecified atom stereocenters. The summed E-state index contributed by atoms with van der Waals surface area (Å²) >= 11 is -0.407. The Kier molecular flexibility index (Phi) is 21.7. The van der Waals surface area contributed by atoms with E-state index in [-0.39, 0.29) is 18.9 Å². The van der Waals surface area contributed by atoms with Gasteiger partial charge in [-0.25, -0.2) is 0 Å². The standard InChI is InChI=1S/4C4H9.Al.Li/c3*1-4(2)3;1-3-4-2;;/h3*4H,1H2,2-3H3;1,3-4H2,2H3;;/q;;;-1;;+1. The monoisotopic (exact) mass is 262 g/mol. The predicted octanol–water partition coefficient (Wildman–Crippen LogP) is 3.07. The molecule has 0 aromatic heterocycles. The Morgan fingerprint density at radius 1 is 0.778 bits per heavy atom. The molecule has 0 rings (SSSR count). The summed E-state index contributed by atoms with van der Waals surface area (Å²) < 4.78 is 0. The molecule has 0 saturated carbocycles. The Morgan fingerprint density at radius 2 is 1.00 bits per heavy atom. The number of unbranched alkanes of at least 4 members (excludes halogenated alkanes) is 1. The summed E-state index contributed by atoms with van der Waals surface area (Å²) in [6, 6.07) is 0. The average Bonchev–Trinajstić information content (AvgIpc) is 2.14. The van der Waals surface area contributed by atoms with Gasteiger partial charge in [0.05, 0.1) is 0 Å². The van der Waals surface area contributed by atoms with E-state index in [1.165, 1.54) is 6.42 Å². The first-order valence-electron chi connectivity index (χ1n) is 7.62. The number of hydrogen-bond acceptors (Lipinski definition) is 0. The third kappa shape index (κ3) is 22.3. The van der Waals surface area contributed by atoms with E-state index in [1.54, 1.807) is 15.8 Å². The van der Waals surface area contributed by atoms with Gasteiger partial charge in [-0.15, -0.1) is 0 Å². The minimum Gasteiger partial charge on any atom is -0.343 e. The quantitative estimate of drug-likeness (QED) is 0.488. The largest absolute Gasteiger partial charge is 1.00 e. The van der Waals surface area contributed by atoms with Gasteiger partial charge >= 0.3 is 18.9 Å². The summed E-state index contributed by atoms with van der Waals surface area (Å²) in [7, 11) is 0. The van der Waals surface area contributed by atoms with Crippen molar-refractivity contribution < 1.29 is 18.9 Å². The van der Waals surface area contributed by atoms with Crippen LogP contribution in [0.15, 0.2) is 0 Å². The van der Waals surface area contributed by atoms with Crippen molar-refractivity contribution >= 4 is 14.1 Å². The molecule has 2 heteroatoms. The van der Waals surface area contributed by atoms with E-state index in [0.29, 0.717) is 0 Å². The van der Waals surface area contributed by atoms with E-state index in [0.717, 1.165) is 24.2 Å². The van der Waals surface area contributed by atoms with E-state index in [2.05, 4.69) is 55.4 Å². The van der Waals surface area contributed by atoms with Crippen molar-refractivity contribution in [2.75, 3.05) is 0 Å². The van der Waals surface area contributed by atoms with E-state index in [1.807, 2.05) is 0 Å².